The van der Waals surface area contributed by atoms with Crippen molar-refractivity contribution in [1.29, 1.82) is 0 Å². The fraction of sp³-hybridized carbons (Fsp3) is 0.250. The molecule has 0 aliphatic heterocycles. The number of carbonyl (C=O) groups excluding carboxylic acids is 1. The van der Waals surface area contributed by atoms with E-state index in [1.54, 1.807) is 6.07 Å². The van der Waals surface area contributed by atoms with Gasteiger partial charge in [0.2, 0.25) is 0 Å². The molecule has 0 aliphatic rings. The van der Waals surface area contributed by atoms with Gasteiger partial charge in [0, 0.05) is 24.0 Å². The van der Waals surface area contributed by atoms with Gasteiger partial charge in [0.25, 0.3) is 0 Å². The molecule has 1 aromatic carbocycles. The molecule has 0 unspecified atom stereocenters. The number of ketones is 1. The van der Waals surface area contributed by atoms with Crippen LogP contribution in [0.1, 0.15) is 22.8 Å². The average molecular weight is 335 g/mol. The lowest BCUT2D eigenvalue weighted by atomic mass is 10.2. The number of ether oxygens (including phenoxy) is 2. The summed E-state index contributed by atoms with van der Waals surface area (Å²) in [6, 6.07) is 6.10. The molecule has 0 radical (unpaired) electrons. The van der Waals surface area contributed by atoms with Crippen molar-refractivity contribution >= 4 is 15.6 Å². The predicted molar refractivity (Wildman–Crippen MR) is 84.7 cm³/mol. The van der Waals surface area contributed by atoms with Crippen molar-refractivity contribution in [2.75, 3.05) is 14.2 Å². The average Bonchev–Trinajstić information content (AvgIpc) is 2.54. The number of aromatic nitrogens is 1. The van der Waals surface area contributed by atoms with Crippen molar-refractivity contribution in [3.8, 4) is 11.5 Å². The molecule has 0 N–H and O–H groups in total. The molecule has 1 aromatic heterocycles. The predicted octanol–water partition coefficient (Wildman–Crippen LogP) is 2.28. The zero-order valence-electron chi connectivity index (χ0n) is 13.1. The Morgan fingerprint density at radius 1 is 1.13 bits per heavy atom. The summed E-state index contributed by atoms with van der Waals surface area (Å²) in [5, 5.41) is 0. The fourth-order valence-corrected chi connectivity index (χ4v) is 3.59. The molecule has 0 spiro atoms. The van der Waals surface area contributed by atoms with Crippen molar-refractivity contribution < 1.29 is 22.7 Å². The van der Waals surface area contributed by atoms with Gasteiger partial charge < -0.3 is 9.47 Å². The SMILES string of the molecule is COc1ccc(OC)c(S(=O)(=O)Cc2cncc(C(C)=O)c2)c1. The third-order valence-electron chi connectivity index (χ3n) is 3.26. The highest BCUT2D eigenvalue weighted by Gasteiger charge is 2.22. The number of nitrogens with zero attached hydrogens (tertiary/aromatic N) is 1. The van der Waals surface area contributed by atoms with Crippen LogP contribution >= 0.6 is 0 Å². The lowest BCUT2D eigenvalue weighted by molar-refractivity contribution is 0.101. The van der Waals surface area contributed by atoms with Crippen LogP contribution in [0, 0.1) is 0 Å². The molecule has 6 nitrogen and oxygen atoms in total. The van der Waals surface area contributed by atoms with Crippen molar-refractivity contribution in [3.63, 3.8) is 0 Å². The Kier molecular flexibility index (Phi) is 5.00. The van der Waals surface area contributed by atoms with Gasteiger partial charge in [-0.25, -0.2) is 8.42 Å². The molecular formula is C16H17NO5S. The third kappa shape index (κ3) is 3.87. The van der Waals surface area contributed by atoms with Crippen LogP contribution in [0.25, 0.3) is 0 Å². The van der Waals surface area contributed by atoms with Crippen molar-refractivity contribution in [3.05, 3.63) is 47.8 Å². The molecular weight excluding hydrogens is 318 g/mol. The zero-order chi connectivity index (χ0) is 17.0. The summed E-state index contributed by atoms with van der Waals surface area (Å²) in [5.41, 5.74) is 0.804. The summed E-state index contributed by atoms with van der Waals surface area (Å²) in [7, 11) is -0.829. The number of sulfone groups is 1. The highest BCUT2D eigenvalue weighted by Crippen LogP contribution is 2.30. The van der Waals surface area contributed by atoms with Crippen molar-refractivity contribution in [1.82, 2.24) is 4.98 Å². The Balaban J connectivity index is 2.43. The zero-order valence-corrected chi connectivity index (χ0v) is 13.9. The monoisotopic (exact) mass is 335 g/mol. The molecule has 2 aromatic rings. The molecule has 1 heterocycles. The van der Waals surface area contributed by atoms with Crippen molar-refractivity contribution in [2.45, 2.75) is 17.6 Å². The van der Waals surface area contributed by atoms with Crippen LogP contribution < -0.4 is 9.47 Å². The van der Waals surface area contributed by atoms with Crippen LogP contribution in [0.4, 0.5) is 0 Å². The van der Waals surface area contributed by atoms with Crippen LogP contribution in [0.2, 0.25) is 0 Å². The highest BCUT2D eigenvalue weighted by molar-refractivity contribution is 7.90. The van der Waals surface area contributed by atoms with Gasteiger partial charge in [-0.1, -0.05) is 0 Å². The second-order valence-electron chi connectivity index (χ2n) is 4.91. The summed E-state index contributed by atoms with van der Waals surface area (Å²) in [6.07, 6.45) is 2.83. The van der Waals surface area contributed by atoms with Crippen LogP contribution in [0.5, 0.6) is 11.5 Å². The molecule has 7 heteroatoms. The van der Waals surface area contributed by atoms with E-state index in [1.807, 2.05) is 0 Å². The van der Waals surface area contributed by atoms with E-state index in [1.165, 1.54) is 51.7 Å². The van der Waals surface area contributed by atoms with E-state index in [0.717, 1.165) is 0 Å². The first-order valence-corrected chi connectivity index (χ1v) is 8.42. The van der Waals surface area contributed by atoms with E-state index in [4.69, 9.17) is 9.47 Å². The summed E-state index contributed by atoms with van der Waals surface area (Å²) < 4.78 is 35.6. The summed E-state index contributed by atoms with van der Waals surface area (Å²) >= 11 is 0. The van der Waals surface area contributed by atoms with Gasteiger partial charge >= 0.3 is 0 Å². The number of Topliss-reactive ketones (excluding diaryl/α,β-unsaturated/α-hetero) is 1. The molecule has 0 aliphatic carbocycles. The number of pyridine rings is 1. The van der Waals surface area contributed by atoms with Gasteiger partial charge in [-0.15, -0.1) is 0 Å². The Morgan fingerprint density at radius 2 is 1.87 bits per heavy atom. The molecule has 0 atom stereocenters. The van der Waals surface area contributed by atoms with Gasteiger partial charge in [0.05, 0.1) is 20.0 Å². The smallest absolute Gasteiger partial charge is 0.186 e. The minimum absolute atomic E-state index is 0.0348. The maximum atomic E-state index is 12.7. The van der Waals surface area contributed by atoms with Gasteiger partial charge in [-0.3, -0.25) is 9.78 Å². The molecule has 0 saturated heterocycles. The number of benzene rings is 1. The highest BCUT2D eigenvalue weighted by atomic mass is 32.2. The van der Waals surface area contributed by atoms with Crippen LogP contribution in [0.15, 0.2) is 41.6 Å². The second kappa shape index (κ2) is 6.78. The topological polar surface area (TPSA) is 82.6 Å². The fourth-order valence-electron chi connectivity index (χ4n) is 2.08. The first kappa shape index (κ1) is 17.0. The van der Waals surface area contributed by atoms with Gasteiger partial charge in [0.15, 0.2) is 15.6 Å². The van der Waals surface area contributed by atoms with Gasteiger partial charge in [-0.2, -0.15) is 0 Å². The number of rotatable bonds is 6. The lowest BCUT2D eigenvalue weighted by Gasteiger charge is -2.11. The Bertz CT molecular complexity index is 830. The first-order valence-electron chi connectivity index (χ1n) is 6.77. The van der Waals surface area contributed by atoms with E-state index in [9.17, 15) is 13.2 Å². The third-order valence-corrected chi connectivity index (χ3v) is 4.97. The quantitative estimate of drug-likeness (QED) is 0.753. The van der Waals surface area contributed by atoms with Crippen LogP contribution in [0.3, 0.4) is 0 Å². The van der Waals surface area contributed by atoms with Crippen LogP contribution in [-0.2, 0) is 15.6 Å². The van der Waals surface area contributed by atoms with E-state index in [-0.39, 0.29) is 22.2 Å². The minimum atomic E-state index is -3.69. The minimum Gasteiger partial charge on any atom is -0.497 e. The maximum Gasteiger partial charge on any atom is 0.186 e. The number of hydrogen-bond donors (Lipinski definition) is 0. The standard InChI is InChI=1S/C16H17NO5S/c1-11(18)13-6-12(8-17-9-13)10-23(19,20)16-7-14(21-2)4-5-15(16)22-3/h4-9H,10H2,1-3H3. The number of carbonyl (C=O) groups is 1. The van der Waals surface area contributed by atoms with Crippen LogP contribution in [-0.4, -0.2) is 33.4 Å². The molecule has 0 fully saturated rings. The van der Waals surface area contributed by atoms with Gasteiger partial charge in [0.1, 0.15) is 16.4 Å². The maximum absolute atomic E-state index is 12.7. The van der Waals surface area contributed by atoms with Crippen molar-refractivity contribution in [2.24, 2.45) is 0 Å². The molecule has 122 valence electrons. The number of methoxy groups -OCH3 is 2. The Morgan fingerprint density at radius 3 is 2.48 bits per heavy atom. The normalized spacial score (nSPS) is 11.1. The second-order valence-corrected chi connectivity index (χ2v) is 6.87. The largest absolute Gasteiger partial charge is 0.497 e. The summed E-state index contributed by atoms with van der Waals surface area (Å²) in [6.45, 7) is 1.40. The van der Waals surface area contributed by atoms with E-state index in [2.05, 4.69) is 4.98 Å². The lowest BCUT2D eigenvalue weighted by Crippen LogP contribution is -2.08. The Hall–Kier alpha value is -2.41. The first-order chi connectivity index (χ1) is 10.9. The van der Waals surface area contributed by atoms with E-state index < -0.39 is 9.84 Å². The Labute approximate surface area is 135 Å². The van der Waals surface area contributed by atoms with Gasteiger partial charge in [-0.05, 0) is 30.7 Å². The van der Waals surface area contributed by atoms with E-state index in [0.29, 0.717) is 16.9 Å². The summed E-state index contributed by atoms with van der Waals surface area (Å²) in [4.78, 5) is 15.3. The molecule has 0 amide bonds. The summed E-state index contributed by atoms with van der Waals surface area (Å²) in [5.74, 6) is 0.196. The number of hydrogen-bond acceptors (Lipinski definition) is 6. The molecule has 2 rings (SSSR count). The van der Waals surface area contributed by atoms with E-state index >= 15 is 0 Å². The molecule has 0 bridgehead atoms. The molecule has 23 heavy (non-hydrogen) atoms. The molecule has 0 saturated carbocycles.